The van der Waals surface area contributed by atoms with Crippen LogP contribution in [-0.4, -0.2) is 95.9 Å². The van der Waals surface area contributed by atoms with Gasteiger partial charge in [0.15, 0.2) is 6.10 Å². The lowest BCUT2D eigenvalue weighted by molar-refractivity contribution is -0.161. The number of esters is 3. The fourth-order valence-electron chi connectivity index (χ4n) is 10.2. The minimum atomic E-state index is -4.95. The van der Waals surface area contributed by atoms with E-state index in [4.69, 9.17) is 32.3 Å². The summed E-state index contributed by atoms with van der Waals surface area (Å²) in [5, 5.41) is 20.6. The van der Waals surface area contributed by atoms with Crippen molar-refractivity contribution in [1.82, 2.24) is 0 Å². The van der Waals surface area contributed by atoms with Crippen molar-refractivity contribution in [2.24, 2.45) is 0 Å². The van der Waals surface area contributed by atoms with Crippen LogP contribution in [-0.2, 0) is 55.8 Å². The number of phosphoric acid groups is 2. The first kappa shape index (κ1) is 98.2. The first-order chi connectivity index (χ1) is 50.2. The van der Waals surface area contributed by atoms with Gasteiger partial charge in [-0.3, -0.25) is 32.5 Å². The number of hydrogen-bond donors (Lipinski definition) is 4. The van der Waals surface area contributed by atoms with Crippen LogP contribution in [0.25, 0.3) is 0 Å². The van der Waals surface area contributed by atoms with E-state index in [1.54, 1.807) is 0 Å². The Morgan fingerprint density at radius 3 is 0.816 bits per heavy atom. The lowest BCUT2D eigenvalue weighted by Gasteiger charge is -2.21. The average molecular weight is 1480 g/mol. The highest BCUT2D eigenvalue weighted by Gasteiger charge is 2.29. The molecule has 0 amide bonds. The first-order valence-electron chi connectivity index (χ1n) is 39.8. The van der Waals surface area contributed by atoms with Gasteiger partial charge in [0.1, 0.15) is 25.4 Å². The smallest absolute Gasteiger partial charge is 0.463 e. The predicted octanol–water partition coefficient (Wildman–Crippen LogP) is 23.4. The monoisotopic (exact) mass is 1480 g/mol. The molecule has 0 rings (SSSR count). The van der Waals surface area contributed by atoms with Crippen molar-refractivity contribution in [3.05, 3.63) is 158 Å². The van der Waals surface area contributed by atoms with Crippen molar-refractivity contribution < 1.29 is 75.8 Å². The second-order valence-electron chi connectivity index (χ2n) is 26.1. The van der Waals surface area contributed by atoms with Crippen LogP contribution in [0, 0.1) is 0 Å². The summed E-state index contributed by atoms with van der Waals surface area (Å²) >= 11 is 0. The third kappa shape index (κ3) is 78.1. The number of phosphoric ester groups is 2. The number of aliphatic hydroxyl groups is 2. The molecule has 5 atom stereocenters. The molecule has 0 aliphatic carbocycles. The highest BCUT2D eigenvalue weighted by Crippen LogP contribution is 2.45. The summed E-state index contributed by atoms with van der Waals surface area (Å²) in [5.41, 5.74) is 0. The normalized spacial score (nSPS) is 14.8. The van der Waals surface area contributed by atoms with Gasteiger partial charge in [0.05, 0.1) is 26.4 Å². The average Bonchev–Trinajstić information content (AvgIpc) is 0.939. The number of carbonyl (C=O) groups excluding carboxylic acids is 3. The van der Waals surface area contributed by atoms with E-state index in [1.807, 2.05) is 0 Å². The Bertz CT molecular complexity index is 2500. The summed E-state index contributed by atoms with van der Waals surface area (Å²) in [4.78, 5) is 58.7. The molecule has 0 heterocycles. The van der Waals surface area contributed by atoms with Gasteiger partial charge in [-0.05, 0) is 154 Å². The topological polar surface area (TPSA) is 231 Å². The number of aliphatic hydroxyl groups excluding tert-OH is 2. The van der Waals surface area contributed by atoms with E-state index in [0.717, 1.165) is 173 Å². The molecule has 4 N–H and O–H groups in total. The van der Waals surface area contributed by atoms with Gasteiger partial charge in [0, 0.05) is 19.3 Å². The van der Waals surface area contributed by atoms with Crippen LogP contribution in [0.5, 0.6) is 0 Å². The molecule has 16 nitrogen and oxygen atoms in total. The number of unbranched alkanes of at least 4 members (excludes halogenated alkanes) is 25. The molecule has 103 heavy (non-hydrogen) atoms. The van der Waals surface area contributed by atoms with Crippen molar-refractivity contribution in [1.29, 1.82) is 0 Å². The van der Waals surface area contributed by atoms with Crippen LogP contribution in [0.1, 0.15) is 303 Å². The Morgan fingerprint density at radius 2 is 0.515 bits per heavy atom. The molecule has 588 valence electrons. The summed E-state index contributed by atoms with van der Waals surface area (Å²) in [7, 11) is -9.82. The van der Waals surface area contributed by atoms with Crippen LogP contribution in [0.15, 0.2) is 158 Å². The van der Waals surface area contributed by atoms with Crippen molar-refractivity contribution in [3.63, 3.8) is 0 Å². The molecule has 0 aliphatic heterocycles. The van der Waals surface area contributed by atoms with Crippen LogP contribution in [0.3, 0.4) is 0 Å². The van der Waals surface area contributed by atoms with Crippen LogP contribution in [0.2, 0.25) is 0 Å². The molecule has 0 radical (unpaired) electrons. The van der Waals surface area contributed by atoms with Crippen molar-refractivity contribution in [2.45, 2.75) is 322 Å². The lowest BCUT2D eigenvalue weighted by atomic mass is 10.1. The van der Waals surface area contributed by atoms with Crippen LogP contribution >= 0.6 is 15.6 Å². The molecule has 0 bridgehead atoms. The number of hydrogen-bond acceptors (Lipinski definition) is 14. The number of rotatable bonds is 74. The quantitative estimate of drug-likeness (QED) is 0.0146. The number of ether oxygens (including phenoxy) is 3. The van der Waals surface area contributed by atoms with E-state index < -0.39 is 91.5 Å². The van der Waals surface area contributed by atoms with Crippen LogP contribution < -0.4 is 0 Å². The molecule has 0 spiro atoms. The summed E-state index contributed by atoms with van der Waals surface area (Å²) in [5.74, 6) is -1.63. The minimum absolute atomic E-state index is 0.0782. The second kappa shape index (κ2) is 76.8. The predicted molar refractivity (Wildman–Crippen MR) is 426 cm³/mol. The summed E-state index contributed by atoms with van der Waals surface area (Å²) in [6.07, 6.45) is 95.6. The van der Waals surface area contributed by atoms with Gasteiger partial charge in [-0.1, -0.05) is 288 Å². The van der Waals surface area contributed by atoms with Crippen molar-refractivity contribution in [3.8, 4) is 0 Å². The zero-order chi connectivity index (χ0) is 75.2. The van der Waals surface area contributed by atoms with E-state index in [-0.39, 0.29) is 19.3 Å². The maximum atomic E-state index is 13.0. The van der Waals surface area contributed by atoms with E-state index in [0.29, 0.717) is 19.3 Å². The third-order valence-electron chi connectivity index (χ3n) is 16.2. The molecule has 0 saturated carbocycles. The van der Waals surface area contributed by atoms with Gasteiger partial charge in [0.2, 0.25) is 0 Å². The minimum Gasteiger partial charge on any atom is -0.463 e. The molecule has 0 aromatic heterocycles. The van der Waals surface area contributed by atoms with E-state index in [9.17, 15) is 43.5 Å². The Hall–Kier alpha value is -4.83. The van der Waals surface area contributed by atoms with Gasteiger partial charge < -0.3 is 34.2 Å². The van der Waals surface area contributed by atoms with Crippen molar-refractivity contribution >= 4 is 33.6 Å². The molecule has 18 heteroatoms. The zero-order valence-electron chi connectivity index (χ0n) is 64.2. The Morgan fingerprint density at radius 1 is 0.282 bits per heavy atom. The maximum Gasteiger partial charge on any atom is 0.472 e. The number of allylic oxidation sites excluding steroid dienone is 26. The number of carbonyl (C=O) groups is 3. The standard InChI is InChI=1S/C85H142O16P2/c1-4-7-10-13-16-19-22-25-28-31-34-36-38-39-41-43-45-47-50-53-56-59-62-65-68-71-83(88)95-74-80(86)75-97-102(91,92)98-76-81(87)77-99-103(93,94)100-79-82(101-85(90)73-70-67-64-61-58-55-52-49-44-33-30-27-24-21-18-15-12-9-6-3)78-96-84(89)72-69-66-63-60-57-54-51-48-46-42-40-37-35-32-29-26-23-20-17-14-11-8-5-2/h8,11,16-21,25-30,34-37,39,41-42,44,46,49,51,54,80-82,86-87H,4-7,9-10,12-15,22-24,31-33,38,40,43,45,47-48,50,52-53,55-79H2,1-3H3,(H,91,92)(H,93,94)/b11-8-,19-16-,20-17-,21-18-,28-25-,29-26-,30-27-,36-34-,37-35-,41-39-,46-42-,49-44-,54-51-. The lowest BCUT2D eigenvalue weighted by Crippen LogP contribution is -2.30. The van der Waals surface area contributed by atoms with Gasteiger partial charge in [-0.15, -0.1) is 0 Å². The Kier molecular flexibility index (Phi) is 73.2. The largest absolute Gasteiger partial charge is 0.472 e. The third-order valence-corrected chi connectivity index (χ3v) is 18.1. The van der Waals surface area contributed by atoms with Crippen molar-refractivity contribution in [2.75, 3.05) is 39.6 Å². The molecular weight excluding hydrogens is 1340 g/mol. The van der Waals surface area contributed by atoms with Gasteiger partial charge >= 0.3 is 33.6 Å². The maximum absolute atomic E-state index is 13.0. The fourth-order valence-corrected chi connectivity index (χ4v) is 11.7. The van der Waals surface area contributed by atoms with Crippen LogP contribution in [0.4, 0.5) is 0 Å². The molecule has 0 aliphatic rings. The first-order valence-corrected chi connectivity index (χ1v) is 42.8. The Balaban J connectivity index is 4.71. The highest BCUT2D eigenvalue weighted by atomic mass is 31.2. The van der Waals surface area contributed by atoms with Gasteiger partial charge in [-0.25, -0.2) is 9.13 Å². The van der Waals surface area contributed by atoms with Gasteiger partial charge in [0.25, 0.3) is 0 Å². The summed E-state index contributed by atoms with van der Waals surface area (Å²) in [6, 6.07) is 0. The van der Waals surface area contributed by atoms with Gasteiger partial charge in [-0.2, -0.15) is 0 Å². The van der Waals surface area contributed by atoms with E-state index >= 15 is 0 Å². The highest BCUT2D eigenvalue weighted by molar-refractivity contribution is 7.47. The molecule has 5 unspecified atom stereocenters. The SMILES string of the molecule is CC/C=C\C/C=C\C/C=C\C/C=C\C/C=C\C/C=C\CCCCCCC(=O)OCC(COP(=O)(O)OCC(O)COP(=O)(O)OCC(O)COC(=O)CCCCCCCCCCC/C=C\C/C=C\C/C=C\C/C=C\CCCCC)OC(=O)CCCCCCCC/C=C\C/C=C\C/C=C\CCCCC. The second-order valence-corrected chi connectivity index (χ2v) is 29.0. The molecule has 0 aromatic rings. The molecular formula is C85H142O16P2. The molecule has 0 aromatic carbocycles. The zero-order valence-corrected chi connectivity index (χ0v) is 66.0. The Labute approximate surface area is 625 Å². The van der Waals surface area contributed by atoms with E-state index in [2.05, 4.69) is 179 Å². The fraction of sp³-hybridized carbons (Fsp3) is 0.659. The summed E-state index contributed by atoms with van der Waals surface area (Å²) < 4.78 is 61.2. The molecule has 0 saturated heterocycles. The molecule has 0 fully saturated rings. The summed E-state index contributed by atoms with van der Waals surface area (Å²) in [6.45, 7) is 2.46. The van der Waals surface area contributed by atoms with E-state index in [1.165, 1.54) is 70.6 Å².